The lowest BCUT2D eigenvalue weighted by atomic mass is 9.73. The Hall–Kier alpha value is -3.20. The summed E-state index contributed by atoms with van der Waals surface area (Å²) in [5.41, 5.74) is 1.51. The standard InChI is InChI=1S/C36H45ClN4O4/c1-22-10-8-13-28(24(22)3)39-34(43)32-36-17-16-29(45-36)30(33(42)38-26-15-14-23(2)27(37)20-26)31(36)35(44)41(32)19-9-18-40(4)21-25-11-6-5-7-12-25/h5-7,11-12,14-17,20,22,24,28-32H,8-10,13,18-19,21H2,1-4H3,(H,38,42)(H,39,43)/t22-,24+,28+,29+,30-,31+,32+,36+/m0/s1. The first-order valence-corrected chi connectivity index (χ1v) is 16.7. The molecule has 2 bridgehead atoms. The highest BCUT2D eigenvalue weighted by atomic mass is 35.5. The number of benzene rings is 2. The van der Waals surface area contributed by atoms with Crippen LogP contribution in [0.15, 0.2) is 60.7 Å². The van der Waals surface area contributed by atoms with Gasteiger partial charge in [0.25, 0.3) is 0 Å². The maximum atomic E-state index is 14.3. The zero-order valence-corrected chi connectivity index (χ0v) is 27.4. The number of likely N-dealkylation sites (tertiary alicyclic amines) is 1. The summed E-state index contributed by atoms with van der Waals surface area (Å²) < 4.78 is 6.54. The average Bonchev–Trinajstić information content (AvgIpc) is 3.65. The Balaban J connectivity index is 1.23. The van der Waals surface area contributed by atoms with Crippen LogP contribution in [0.1, 0.15) is 50.7 Å². The van der Waals surface area contributed by atoms with Crippen LogP contribution in [0.5, 0.6) is 0 Å². The van der Waals surface area contributed by atoms with Gasteiger partial charge in [0.05, 0.1) is 17.9 Å². The maximum Gasteiger partial charge on any atom is 0.246 e. The van der Waals surface area contributed by atoms with Crippen LogP contribution in [0.3, 0.4) is 0 Å². The fraction of sp³-hybridized carbons (Fsp3) is 0.528. The lowest BCUT2D eigenvalue weighted by molar-refractivity contribution is -0.141. The van der Waals surface area contributed by atoms with Crippen LogP contribution in [0.25, 0.3) is 0 Å². The van der Waals surface area contributed by atoms with Crippen molar-refractivity contribution < 1.29 is 19.1 Å². The molecule has 1 aliphatic carbocycles. The van der Waals surface area contributed by atoms with E-state index in [-0.39, 0.29) is 23.8 Å². The Kier molecular flexibility index (Phi) is 9.10. The quantitative estimate of drug-likeness (QED) is 0.352. The van der Waals surface area contributed by atoms with E-state index in [1.807, 2.05) is 43.3 Å². The lowest BCUT2D eigenvalue weighted by Crippen LogP contribution is -2.58. The number of hydrogen-bond donors (Lipinski definition) is 2. The summed E-state index contributed by atoms with van der Waals surface area (Å²) in [6.07, 6.45) is 6.98. The Morgan fingerprint density at radius 2 is 1.89 bits per heavy atom. The number of nitrogens with zero attached hydrogens (tertiary/aromatic N) is 2. The summed E-state index contributed by atoms with van der Waals surface area (Å²) in [6, 6.07) is 14.8. The van der Waals surface area contributed by atoms with E-state index in [0.717, 1.165) is 37.9 Å². The number of aryl methyl sites for hydroxylation is 1. The van der Waals surface area contributed by atoms with Gasteiger partial charge in [0, 0.05) is 29.8 Å². The Morgan fingerprint density at radius 3 is 2.64 bits per heavy atom. The maximum absolute atomic E-state index is 14.3. The van der Waals surface area contributed by atoms with Crippen LogP contribution in [0, 0.1) is 30.6 Å². The van der Waals surface area contributed by atoms with Crippen molar-refractivity contribution in [3.8, 4) is 0 Å². The van der Waals surface area contributed by atoms with E-state index in [4.69, 9.17) is 16.3 Å². The highest BCUT2D eigenvalue weighted by Gasteiger charge is 2.72. The highest BCUT2D eigenvalue weighted by molar-refractivity contribution is 6.31. The first-order chi connectivity index (χ1) is 21.6. The second-order valence-corrected chi connectivity index (χ2v) is 14.1. The number of anilines is 1. The smallest absolute Gasteiger partial charge is 0.246 e. The number of hydrogen-bond acceptors (Lipinski definition) is 5. The van der Waals surface area contributed by atoms with Crippen LogP contribution in [0.2, 0.25) is 5.02 Å². The lowest BCUT2D eigenvalue weighted by Gasteiger charge is -2.38. The van der Waals surface area contributed by atoms with E-state index < -0.39 is 29.6 Å². The monoisotopic (exact) mass is 632 g/mol. The number of ether oxygens (including phenoxy) is 1. The average molecular weight is 633 g/mol. The molecule has 2 N–H and O–H groups in total. The van der Waals surface area contributed by atoms with Crippen molar-refractivity contribution in [2.45, 2.75) is 76.8 Å². The third kappa shape index (κ3) is 6.05. The second kappa shape index (κ2) is 12.9. The fourth-order valence-corrected chi connectivity index (χ4v) is 8.12. The first-order valence-electron chi connectivity index (χ1n) is 16.4. The largest absolute Gasteiger partial charge is 0.359 e. The molecule has 4 aliphatic rings. The molecule has 1 saturated carbocycles. The minimum Gasteiger partial charge on any atom is -0.359 e. The predicted octanol–water partition coefficient (Wildman–Crippen LogP) is 5.20. The summed E-state index contributed by atoms with van der Waals surface area (Å²) in [5.74, 6) is -1.37. The number of halogens is 1. The van der Waals surface area contributed by atoms with Crippen LogP contribution in [-0.2, 0) is 25.7 Å². The molecule has 2 aromatic carbocycles. The summed E-state index contributed by atoms with van der Waals surface area (Å²) in [4.78, 5) is 46.3. The predicted molar refractivity (Wildman–Crippen MR) is 176 cm³/mol. The third-order valence-electron chi connectivity index (χ3n) is 10.6. The first kappa shape index (κ1) is 31.8. The molecule has 2 aromatic rings. The molecule has 0 aromatic heterocycles. The number of carbonyl (C=O) groups is 3. The van der Waals surface area contributed by atoms with Gasteiger partial charge in [-0.05, 0) is 68.5 Å². The van der Waals surface area contributed by atoms with Gasteiger partial charge in [-0.2, -0.15) is 0 Å². The van der Waals surface area contributed by atoms with E-state index in [1.165, 1.54) is 5.56 Å². The molecule has 3 heterocycles. The van der Waals surface area contributed by atoms with E-state index >= 15 is 0 Å². The minimum absolute atomic E-state index is 0.0404. The van der Waals surface area contributed by atoms with Crippen LogP contribution >= 0.6 is 11.6 Å². The summed E-state index contributed by atoms with van der Waals surface area (Å²) in [6.45, 7) is 8.28. The van der Waals surface area contributed by atoms with E-state index in [2.05, 4.69) is 48.6 Å². The Bertz CT molecular complexity index is 1470. The van der Waals surface area contributed by atoms with Gasteiger partial charge in [0.2, 0.25) is 17.7 Å². The number of fused-ring (bicyclic) bond motifs is 1. The molecule has 0 radical (unpaired) electrons. The van der Waals surface area contributed by atoms with E-state index in [0.29, 0.717) is 35.5 Å². The zero-order valence-electron chi connectivity index (χ0n) is 26.7. The molecule has 3 amide bonds. The number of carbonyl (C=O) groups excluding carboxylic acids is 3. The van der Waals surface area contributed by atoms with Crippen molar-refractivity contribution in [2.24, 2.45) is 23.7 Å². The Morgan fingerprint density at radius 1 is 1.11 bits per heavy atom. The van der Waals surface area contributed by atoms with Crippen molar-refractivity contribution in [3.63, 3.8) is 0 Å². The van der Waals surface area contributed by atoms with Gasteiger partial charge in [-0.25, -0.2) is 0 Å². The van der Waals surface area contributed by atoms with Crippen molar-refractivity contribution in [2.75, 3.05) is 25.5 Å². The second-order valence-electron chi connectivity index (χ2n) is 13.6. The molecule has 1 spiro atoms. The SMILES string of the molecule is Cc1ccc(NC(=O)[C@H]2[C@H]3C=C[C@@]4(O3)[C@H]2C(=O)N(CCCN(C)Cc2ccccc2)[C@@H]4C(=O)N[C@@H]2CCC[C@H](C)[C@H]2C)cc1Cl. The molecule has 8 nitrogen and oxygen atoms in total. The van der Waals surface area contributed by atoms with Crippen molar-refractivity contribution in [3.05, 3.63) is 76.8 Å². The molecule has 45 heavy (non-hydrogen) atoms. The van der Waals surface area contributed by atoms with Gasteiger partial charge in [-0.3, -0.25) is 14.4 Å². The molecule has 6 rings (SSSR count). The highest BCUT2D eigenvalue weighted by Crippen LogP contribution is 2.55. The van der Waals surface area contributed by atoms with Gasteiger partial charge in [0.1, 0.15) is 11.6 Å². The van der Waals surface area contributed by atoms with Gasteiger partial charge >= 0.3 is 0 Å². The summed E-state index contributed by atoms with van der Waals surface area (Å²) >= 11 is 6.32. The molecule has 240 valence electrons. The number of rotatable bonds is 10. The minimum atomic E-state index is -1.18. The topological polar surface area (TPSA) is 91.0 Å². The molecule has 3 fully saturated rings. The molecular weight excluding hydrogens is 588 g/mol. The van der Waals surface area contributed by atoms with Crippen LogP contribution < -0.4 is 10.6 Å². The van der Waals surface area contributed by atoms with Crippen LogP contribution in [-0.4, -0.2) is 71.4 Å². The van der Waals surface area contributed by atoms with E-state index in [9.17, 15) is 14.4 Å². The van der Waals surface area contributed by atoms with Gasteiger partial charge < -0.3 is 25.2 Å². The van der Waals surface area contributed by atoms with Crippen molar-refractivity contribution >= 4 is 35.0 Å². The molecule has 2 saturated heterocycles. The molecule has 9 heteroatoms. The summed E-state index contributed by atoms with van der Waals surface area (Å²) in [5, 5.41) is 6.86. The van der Waals surface area contributed by atoms with Crippen molar-refractivity contribution in [1.29, 1.82) is 0 Å². The third-order valence-corrected chi connectivity index (χ3v) is 11.0. The fourth-order valence-electron chi connectivity index (χ4n) is 7.94. The molecule has 3 aliphatic heterocycles. The van der Waals surface area contributed by atoms with Gasteiger partial charge in [-0.15, -0.1) is 0 Å². The van der Waals surface area contributed by atoms with E-state index in [1.54, 1.807) is 17.0 Å². The Labute approximate surface area is 271 Å². The zero-order chi connectivity index (χ0) is 31.9. The van der Waals surface area contributed by atoms with Crippen LogP contribution in [0.4, 0.5) is 5.69 Å². The van der Waals surface area contributed by atoms with Gasteiger partial charge in [0.15, 0.2) is 0 Å². The molecular formula is C36H45ClN4O4. The molecule has 8 atom stereocenters. The molecule has 0 unspecified atom stereocenters. The summed E-state index contributed by atoms with van der Waals surface area (Å²) in [7, 11) is 2.06. The number of amides is 3. The number of nitrogens with one attached hydrogen (secondary N) is 2. The van der Waals surface area contributed by atoms with Gasteiger partial charge in [-0.1, -0.05) is 86.8 Å². The normalized spacial score (nSPS) is 31.8. The van der Waals surface area contributed by atoms with Crippen molar-refractivity contribution in [1.82, 2.24) is 15.1 Å².